The second-order valence-corrected chi connectivity index (χ2v) is 3.90. The highest BCUT2D eigenvalue weighted by atomic mass is 14.5. The molecular weight excluding hydrogens is 230 g/mol. The topological polar surface area (TPSA) is 26.0 Å². The Balaban J connectivity index is 0.000000741. The molecular formula is C18H27N. The summed E-state index contributed by atoms with van der Waals surface area (Å²) in [7, 11) is 0. The highest BCUT2D eigenvalue weighted by molar-refractivity contribution is 5.40. The lowest BCUT2D eigenvalue weighted by Gasteiger charge is -2.02. The summed E-state index contributed by atoms with van der Waals surface area (Å²) in [4.78, 5) is 0. The summed E-state index contributed by atoms with van der Waals surface area (Å²) in [6.07, 6.45) is 0.973. The predicted molar refractivity (Wildman–Crippen MR) is 87.5 cm³/mol. The van der Waals surface area contributed by atoms with Gasteiger partial charge in [0.15, 0.2) is 0 Å². The third kappa shape index (κ3) is 6.66. The first-order valence-electron chi connectivity index (χ1n) is 7.14. The Morgan fingerprint density at radius 3 is 1.47 bits per heavy atom. The zero-order chi connectivity index (χ0) is 14.7. The number of benzene rings is 2. The highest BCUT2D eigenvalue weighted by Crippen LogP contribution is 2.12. The second-order valence-electron chi connectivity index (χ2n) is 3.90. The molecule has 0 aliphatic rings. The summed E-state index contributed by atoms with van der Waals surface area (Å²) in [5, 5.41) is 0. The van der Waals surface area contributed by atoms with Crippen molar-refractivity contribution >= 4 is 5.69 Å². The molecule has 2 aromatic carbocycles. The van der Waals surface area contributed by atoms with Crippen molar-refractivity contribution in [3.63, 3.8) is 0 Å². The van der Waals surface area contributed by atoms with Gasteiger partial charge in [0.05, 0.1) is 0 Å². The van der Waals surface area contributed by atoms with E-state index in [9.17, 15) is 0 Å². The molecule has 2 rings (SSSR count). The van der Waals surface area contributed by atoms with Gasteiger partial charge in [0.2, 0.25) is 0 Å². The van der Waals surface area contributed by atoms with Gasteiger partial charge in [0.25, 0.3) is 0 Å². The molecule has 0 saturated heterocycles. The summed E-state index contributed by atoms with van der Waals surface area (Å²) in [5.41, 5.74) is 10.4. The molecule has 0 heterocycles. The van der Waals surface area contributed by atoms with Crippen molar-refractivity contribution in [2.75, 3.05) is 5.73 Å². The number of hydrogen-bond donors (Lipinski definition) is 1. The first kappa shape index (κ1) is 17.2. The van der Waals surface area contributed by atoms with Gasteiger partial charge in [0.1, 0.15) is 0 Å². The SMILES string of the molecule is CC.CC.Cc1ccc(Cc2ccc(N)cc2)cc1. The van der Waals surface area contributed by atoms with E-state index in [1.54, 1.807) is 0 Å². The van der Waals surface area contributed by atoms with Crippen molar-refractivity contribution < 1.29 is 0 Å². The van der Waals surface area contributed by atoms with Crippen LogP contribution in [0.25, 0.3) is 0 Å². The fraction of sp³-hybridized carbons (Fsp3) is 0.333. The molecule has 0 bridgehead atoms. The van der Waals surface area contributed by atoms with Crippen LogP contribution >= 0.6 is 0 Å². The van der Waals surface area contributed by atoms with Crippen LogP contribution in [0.5, 0.6) is 0 Å². The van der Waals surface area contributed by atoms with Crippen molar-refractivity contribution in [3.8, 4) is 0 Å². The fourth-order valence-corrected chi connectivity index (χ4v) is 1.58. The van der Waals surface area contributed by atoms with Crippen LogP contribution in [0, 0.1) is 6.92 Å². The molecule has 0 aliphatic carbocycles. The number of nitrogen functional groups attached to an aromatic ring is 1. The van der Waals surface area contributed by atoms with Gasteiger partial charge in [-0.15, -0.1) is 0 Å². The van der Waals surface area contributed by atoms with Gasteiger partial charge in [-0.05, 0) is 36.6 Å². The molecule has 1 nitrogen and oxygen atoms in total. The van der Waals surface area contributed by atoms with E-state index in [4.69, 9.17) is 5.73 Å². The summed E-state index contributed by atoms with van der Waals surface area (Å²) >= 11 is 0. The number of anilines is 1. The molecule has 2 N–H and O–H groups in total. The quantitative estimate of drug-likeness (QED) is 0.733. The third-order valence-corrected chi connectivity index (χ3v) is 2.51. The maximum atomic E-state index is 5.64. The molecule has 0 amide bonds. The molecule has 1 heteroatoms. The standard InChI is InChI=1S/C14H15N.2C2H6/c1-11-2-4-12(5-3-11)10-13-6-8-14(15)9-7-13;2*1-2/h2-9H,10,15H2,1H3;2*1-2H3. The molecule has 0 saturated carbocycles. The van der Waals surface area contributed by atoms with Crippen LogP contribution in [0.15, 0.2) is 48.5 Å². The molecule has 0 unspecified atom stereocenters. The number of nitrogens with two attached hydrogens (primary N) is 1. The average Bonchev–Trinajstić information content (AvgIpc) is 2.48. The number of rotatable bonds is 2. The molecule has 19 heavy (non-hydrogen) atoms. The maximum Gasteiger partial charge on any atom is 0.0314 e. The maximum absolute atomic E-state index is 5.64. The molecule has 104 valence electrons. The van der Waals surface area contributed by atoms with Crippen LogP contribution in [0.1, 0.15) is 44.4 Å². The van der Waals surface area contributed by atoms with Crippen LogP contribution in [0.4, 0.5) is 5.69 Å². The Hall–Kier alpha value is -1.76. The molecule has 2 aromatic rings. The van der Waals surface area contributed by atoms with Crippen molar-refractivity contribution in [2.45, 2.75) is 41.0 Å². The third-order valence-electron chi connectivity index (χ3n) is 2.51. The number of aryl methyl sites for hydroxylation is 1. The Kier molecular flexibility index (Phi) is 9.25. The smallest absolute Gasteiger partial charge is 0.0314 e. The zero-order valence-corrected chi connectivity index (χ0v) is 12.9. The van der Waals surface area contributed by atoms with E-state index in [1.165, 1.54) is 16.7 Å². The molecule has 0 aromatic heterocycles. The fourth-order valence-electron chi connectivity index (χ4n) is 1.58. The Morgan fingerprint density at radius 1 is 0.684 bits per heavy atom. The van der Waals surface area contributed by atoms with Crippen molar-refractivity contribution in [3.05, 3.63) is 65.2 Å². The summed E-state index contributed by atoms with van der Waals surface area (Å²) in [5.74, 6) is 0. The Labute approximate surface area is 118 Å². The largest absolute Gasteiger partial charge is 0.399 e. The minimum Gasteiger partial charge on any atom is -0.399 e. The van der Waals surface area contributed by atoms with E-state index >= 15 is 0 Å². The van der Waals surface area contributed by atoms with Gasteiger partial charge in [-0.3, -0.25) is 0 Å². The summed E-state index contributed by atoms with van der Waals surface area (Å²) in [6.45, 7) is 10.1. The van der Waals surface area contributed by atoms with Gasteiger partial charge >= 0.3 is 0 Å². The summed E-state index contributed by atoms with van der Waals surface area (Å²) in [6, 6.07) is 16.7. The van der Waals surface area contributed by atoms with Crippen LogP contribution in [0.3, 0.4) is 0 Å². The first-order chi connectivity index (χ1) is 9.24. The van der Waals surface area contributed by atoms with E-state index in [-0.39, 0.29) is 0 Å². The van der Waals surface area contributed by atoms with Crippen LogP contribution < -0.4 is 5.73 Å². The minimum atomic E-state index is 0.822. The Morgan fingerprint density at radius 2 is 1.05 bits per heavy atom. The van der Waals surface area contributed by atoms with E-state index in [2.05, 4.69) is 43.3 Å². The second kappa shape index (κ2) is 10.2. The Bertz CT molecular complexity index is 383. The van der Waals surface area contributed by atoms with Gasteiger partial charge in [-0.25, -0.2) is 0 Å². The van der Waals surface area contributed by atoms with Gasteiger partial charge in [-0.2, -0.15) is 0 Å². The van der Waals surface area contributed by atoms with E-state index < -0.39 is 0 Å². The summed E-state index contributed by atoms with van der Waals surface area (Å²) < 4.78 is 0. The van der Waals surface area contributed by atoms with Crippen molar-refractivity contribution in [2.24, 2.45) is 0 Å². The number of hydrogen-bond acceptors (Lipinski definition) is 1. The molecule has 0 spiro atoms. The lowest BCUT2D eigenvalue weighted by atomic mass is 10.0. The van der Waals surface area contributed by atoms with E-state index in [0.717, 1.165) is 12.1 Å². The van der Waals surface area contributed by atoms with Crippen LogP contribution in [-0.4, -0.2) is 0 Å². The van der Waals surface area contributed by atoms with E-state index in [0.29, 0.717) is 0 Å². The van der Waals surface area contributed by atoms with E-state index in [1.807, 2.05) is 39.8 Å². The van der Waals surface area contributed by atoms with Gasteiger partial charge in [0, 0.05) is 5.69 Å². The lowest BCUT2D eigenvalue weighted by molar-refractivity contribution is 1.19. The average molecular weight is 257 g/mol. The predicted octanol–water partition coefficient (Wildman–Crippen LogP) is 5.22. The molecule has 0 fully saturated rings. The molecule has 0 atom stereocenters. The zero-order valence-electron chi connectivity index (χ0n) is 12.9. The molecule has 0 radical (unpaired) electrons. The van der Waals surface area contributed by atoms with Crippen molar-refractivity contribution in [1.82, 2.24) is 0 Å². The van der Waals surface area contributed by atoms with Crippen LogP contribution in [-0.2, 0) is 6.42 Å². The van der Waals surface area contributed by atoms with Gasteiger partial charge < -0.3 is 5.73 Å². The molecule has 0 aliphatic heterocycles. The highest BCUT2D eigenvalue weighted by Gasteiger charge is 1.95. The first-order valence-corrected chi connectivity index (χ1v) is 7.14. The van der Waals surface area contributed by atoms with Gasteiger partial charge in [-0.1, -0.05) is 69.7 Å². The van der Waals surface area contributed by atoms with Crippen LogP contribution in [0.2, 0.25) is 0 Å². The van der Waals surface area contributed by atoms with Crippen molar-refractivity contribution in [1.29, 1.82) is 0 Å². The normalized spacial score (nSPS) is 8.68. The minimum absolute atomic E-state index is 0.822. The monoisotopic (exact) mass is 257 g/mol. The lowest BCUT2D eigenvalue weighted by Crippen LogP contribution is -1.89.